The molecule has 1 saturated heterocycles. The fourth-order valence-electron chi connectivity index (χ4n) is 4.06. The molecule has 2 aromatic rings. The molecular weight excluding hydrogens is 540 g/mol. The second-order valence-corrected chi connectivity index (χ2v) is 11.6. The Kier molecular flexibility index (Phi) is 9.56. The van der Waals surface area contributed by atoms with Crippen molar-refractivity contribution in [1.29, 1.82) is 0 Å². The van der Waals surface area contributed by atoms with Gasteiger partial charge in [-0.25, -0.2) is 17.9 Å². The summed E-state index contributed by atoms with van der Waals surface area (Å²) in [5.74, 6) is -4.80. The Labute approximate surface area is 222 Å². The molecule has 0 bridgehead atoms. The van der Waals surface area contributed by atoms with E-state index in [1.54, 1.807) is 41.8 Å². The van der Waals surface area contributed by atoms with Crippen LogP contribution in [0.2, 0.25) is 0 Å². The van der Waals surface area contributed by atoms with Crippen LogP contribution >= 0.6 is 11.3 Å². The quantitative estimate of drug-likeness (QED) is 0.184. The van der Waals surface area contributed by atoms with Gasteiger partial charge in [-0.1, -0.05) is 36.4 Å². The molecule has 0 radical (unpaired) electrons. The van der Waals surface area contributed by atoms with E-state index >= 15 is 0 Å². The Bertz CT molecular complexity index is 1250. The molecule has 2 heterocycles. The number of likely N-dealkylation sites (tertiary alicyclic amines) is 1. The number of aliphatic carboxylic acids is 1. The van der Waals surface area contributed by atoms with Crippen LogP contribution in [0.15, 0.2) is 52.1 Å². The number of aliphatic hydroxyl groups excluding tert-OH is 2. The molecule has 0 saturated carbocycles. The summed E-state index contributed by atoms with van der Waals surface area (Å²) in [7, 11) is -3.93. The highest BCUT2D eigenvalue weighted by molar-refractivity contribution is 7.91. The maximum Gasteiger partial charge on any atom is 0.335 e. The Morgan fingerprint density at radius 1 is 1.08 bits per heavy atom. The van der Waals surface area contributed by atoms with Gasteiger partial charge in [-0.05, 0) is 29.9 Å². The van der Waals surface area contributed by atoms with Crippen molar-refractivity contribution in [1.82, 2.24) is 14.9 Å². The number of nitrogens with zero attached hydrogens (tertiary/aromatic N) is 1. The van der Waals surface area contributed by atoms with Gasteiger partial charge in [-0.2, -0.15) is 0 Å². The molecule has 1 aromatic carbocycles. The van der Waals surface area contributed by atoms with E-state index in [9.17, 15) is 37.8 Å². The summed E-state index contributed by atoms with van der Waals surface area (Å²) >= 11 is 0.991. The number of carboxylic acids is 1. The largest absolute Gasteiger partial charge is 0.479 e. The lowest BCUT2D eigenvalue weighted by molar-refractivity contribution is -0.165. The first-order valence-corrected chi connectivity index (χ1v) is 13.9. The van der Waals surface area contributed by atoms with Gasteiger partial charge < -0.3 is 31.3 Å². The number of piperidine rings is 1. The number of rotatable bonds is 11. The van der Waals surface area contributed by atoms with Crippen molar-refractivity contribution in [3.63, 3.8) is 0 Å². The summed E-state index contributed by atoms with van der Waals surface area (Å²) in [6.07, 6.45) is -5.01. The summed E-state index contributed by atoms with van der Waals surface area (Å²) in [6, 6.07) is 8.22. The van der Waals surface area contributed by atoms with Crippen LogP contribution in [0, 0.1) is 0 Å². The van der Waals surface area contributed by atoms with E-state index in [2.05, 4.69) is 10.0 Å². The van der Waals surface area contributed by atoms with Gasteiger partial charge in [0.25, 0.3) is 5.91 Å². The molecule has 1 aliphatic rings. The van der Waals surface area contributed by atoms with E-state index in [0.717, 1.165) is 16.2 Å². The first-order valence-electron chi connectivity index (χ1n) is 11.5. The van der Waals surface area contributed by atoms with Crippen molar-refractivity contribution in [2.75, 3.05) is 6.54 Å². The molecule has 206 valence electrons. The number of hydrogen-bond acceptors (Lipinski definition) is 9. The number of nitrogens with one attached hydrogen (secondary N) is 2. The number of carbonyl (C=O) groups is 4. The van der Waals surface area contributed by atoms with E-state index in [1.807, 2.05) is 0 Å². The van der Waals surface area contributed by atoms with Crippen LogP contribution in [0.1, 0.15) is 18.4 Å². The fraction of sp³-hybridized carbons (Fsp3) is 0.391. The molecule has 1 aliphatic heterocycles. The zero-order valence-electron chi connectivity index (χ0n) is 20.0. The maximum absolute atomic E-state index is 13.3. The van der Waals surface area contributed by atoms with E-state index in [-0.39, 0.29) is 30.0 Å². The van der Waals surface area contributed by atoms with Gasteiger partial charge >= 0.3 is 5.97 Å². The molecule has 5 atom stereocenters. The molecule has 3 amide bonds. The minimum Gasteiger partial charge on any atom is -0.479 e. The third-order valence-corrected chi connectivity index (χ3v) is 8.94. The lowest BCUT2D eigenvalue weighted by Gasteiger charge is -2.40. The summed E-state index contributed by atoms with van der Waals surface area (Å²) in [4.78, 5) is 50.3. The van der Waals surface area contributed by atoms with E-state index in [4.69, 9.17) is 10.8 Å². The number of benzene rings is 1. The smallest absolute Gasteiger partial charge is 0.335 e. The van der Waals surface area contributed by atoms with Gasteiger partial charge in [0.1, 0.15) is 16.3 Å². The third-order valence-electron chi connectivity index (χ3n) is 6.02. The predicted molar refractivity (Wildman–Crippen MR) is 134 cm³/mol. The number of amides is 3. The number of primary amides is 1. The molecule has 7 N–H and O–H groups in total. The zero-order chi connectivity index (χ0) is 28.0. The van der Waals surface area contributed by atoms with Gasteiger partial charge in [0, 0.05) is 19.0 Å². The van der Waals surface area contributed by atoms with Crippen molar-refractivity contribution in [2.24, 2.45) is 5.73 Å². The SMILES string of the molecule is NC(=O)[C@@H](Cc1ccccc1)NC(=O)[C@@H]1C[C@@H](NS(=O)(=O)c2cccs2)CCN1C(=O)[C@@H](O)[C@H](O)C(=O)O. The van der Waals surface area contributed by atoms with Crippen molar-refractivity contribution in [2.45, 2.75) is 53.8 Å². The summed E-state index contributed by atoms with van der Waals surface area (Å²) in [6.45, 7) is -0.252. The van der Waals surface area contributed by atoms with Crippen molar-refractivity contribution in [3.05, 3.63) is 53.4 Å². The summed E-state index contributed by atoms with van der Waals surface area (Å²) in [5, 5.41) is 32.8. The summed E-state index contributed by atoms with van der Waals surface area (Å²) in [5.41, 5.74) is 6.17. The van der Waals surface area contributed by atoms with Crippen LogP contribution in [-0.2, 0) is 35.6 Å². The van der Waals surface area contributed by atoms with Crippen LogP contribution in [0.4, 0.5) is 0 Å². The molecule has 3 rings (SSSR count). The second-order valence-electron chi connectivity index (χ2n) is 8.70. The zero-order valence-corrected chi connectivity index (χ0v) is 21.6. The molecule has 38 heavy (non-hydrogen) atoms. The normalized spacial score (nSPS) is 20.2. The molecule has 1 aromatic heterocycles. The monoisotopic (exact) mass is 568 g/mol. The molecule has 13 nitrogen and oxygen atoms in total. The standard InChI is InChI=1S/C23H28N4O9S2/c24-20(30)15(11-13-5-2-1-3-6-13)25-21(31)16-12-14(26-38(35,36)17-7-4-10-37-17)8-9-27(16)22(32)18(28)19(29)23(33)34/h1-7,10,14-16,18-19,26,28-29H,8-9,11-12H2,(H2,24,30)(H,25,31)(H,33,34)/t14-,15+,16-,18-,19-/m0/s1. The Morgan fingerprint density at radius 3 is 2.34 bits per heavy atom. The first-order chi connectivity index (χ1) is 17.9. The topological polar surface area (TPSA) is 216 Å². The summed E-state index contributed by atoms with van der Waals surface area (Å²) < 4.78 is 28.0. The highest BCUT2D eigenvalue weighted by Crippen LogP contribution is 2.23. The Balaban J connectivity index is 1.84. The average Bonchev–Trinajstić information content (AvgIpc) is 3.43. The molecule has 0 unspecified atom stereocenters. The van der Waals surface area contributed by atoms with Crippen molar-refractivity contribution < 1.29 is 42.9 Å². The van der Waals surface area contributed by atoms with Crippen LogP contribution < -0.4 is 15.8 Å². The minimum atomic E-state index is -3.93. The van der Waals surface area contributed by atoms with Gasteiger partial charge in [-0.15, -0.1) is 11.3 Å². The van der Waals surface area contributed by atoms with E-state index < -0.39 is 64.0 Å². The van der Waals surface area contributed by atoms with Gasteiger partial charge in [-0.3, -0.25) is 14.4 Å². The van der Waals surface area contributed by atoms with Crippen LogP contribution in [0.5, 0.6) is 0 Å². The number of carbonyl (C=O) groups excluding carboxylic acids is 3. The number of sulfonamides is 1. The first kappa shape index (κ1) is 29.2. The minimum absolute atomic E-state index is 0.0271. The fourth-order valence-corrected chi connectivity index (χ4v) is 6.35. The maximum atomic E-state index is 13.3. The van der Waals surface area contributed by atoms with Crippen molar-refractivity contribution in [3.8, 4) is 0 Å². The number of carboxylic acid groups (broad SMARTS) is 1. The molecule has 1 fully saturated rings. The number of aliphatic hydroxyl groups is 2. The molecular formula is C23H28N4O9S2. The van der Waals surface area contributed by atoms with Gasteiger partial charge in [0.2, 0.25) is 21.8 Å². The highest BCUT2D eigenvalue weighted by atomic mass is 32.2. The molecule has 0 spiro atoms. The number of nitrogens with two attached hydrogens (primary N) is 1. The molecule has 0 aliphatic carbocycles. The second kappa shape index (κ2) is 12.4. The number of thiophene rings is 1. The van der Waals surface area contributed by atoms with Crippen molar-refractivity contribution >= 4 is 45.1 Å². The van der Waals surface area contributed by atoms with E-state index in [1.165, 1.54) is 6.07 Å². The van der Waals surface area contributed by atoms with E-state index in [0.29, 0.717) is 5.56 Å². The van der Waals surface area contributed by atoms with Gasteiger partial charge in [0.15, 0.2) is 12.2 Å². The highest BCUT2D eigenvalue weighted by Gasteiger charge is 2.43. The average molecular weight is 569 g/mol. The Morgan fingerprint density at radius 2 is 1.76 bits per heavy atom. The lowest BCUT2D eigenvalue weighted by atomic mass is 9.95. The van der Waals surface area contributed by atoms with Crippen LogP contribution in [0.3, 0.4) is 0 Å². The lowest BCUT2D eigenvalue weighted by Crippen LogP contribution is -2.62. The molecule has 15 heteroatoms. The predicted octanol–water partition coefficient (Wildman–Crippen LogP) is -1.59. The van der Waals surface area contributed by atoms with Crippen LogP contribution in [0.25, 0.3) is 0 Å². The van der Waals surface area contributed by atoms with Gasteiger partial charge in [0.05, 0.1) is 0 Å². The Hall–Kier alpha value is -3.37. The third kappa shape index (κ3) is 7.14. The number of hydrogen-bond donors (Lipinski definition) is 6. The van der Waals surface area contributed by atoms with Crippen LogP contribution in [-0.4, -0.2) is 89.2 Å².